The topological polar surface area (TPSA) is 416 Å². The average molecular weight is 1650 g/mol. The molecule has 4 aromatic heterocycles. The first-order chi connectivity index (χ1) is 45.6. The molecule has 0 unspecified atom stereocenters. The van der Waals surface area contributed by atoms with Crippen LogP contribution >= 0.6 is 116 Å². The molecule has 9 aromatic rings. The summed E-state index contributed by atoms with van der Waals surface area (Å²) in [4.78, 5) is 0.0419. The van der Waals surface area contributed by atoms with Crippen LogP contribution in [0.3, 0.4) is 0 Å². The van der Waals surface area contributed by atoms with Crippen LogP contribution in [0.15, 0.2) is 168 Å². The second kappa shape index (κ2) is 45.4. The highest BCUT2D eigenvalue weighted by molar-refractivity contribution is 8.13. The van der Waals surface area contributed by atoms with Crippen LogP contribution in [0.2, 0.25) is 0 Å². The maximum absolute atomic E-state index is 12.7. The molecule has 0 fully saturated rings. The van der Waals surface area contributed by atoms with Gasteiger partial charge in [-0.3, -0.25) is 10.2 Å². The second-order valence-corrected chi connectivity index (χ2v) is 33.5. The van der Waals surface area contributed by atoms with Crippen molar-refractivity contribution in [3.63, 3.8) is 0 Å². The summed E-state index contributed by atoms with van der Waals surface area (Å²) < 4.78 is 192. The number of hydrogen-bond acceptors (Lipinski definition) is 25. The molecule has 4 heterocycles. The first-order valence-electron chi connectivity index (χ1n) is 26.2. The number of alkyl halides is 3. The van der Waals surface area contributed by atoms with Gasteiger partial charge >= 0.3 is 0 Å². The minimum Gasteiger partial charge on any atom is -0.374 e. The van der Waals surface area contributed by atoms with E-state index >= 15 is 0 Å². The van der Waals surface area contributed by atoms with Crippen molar-refractivity contribution < 1.29 is 64.0 Å². The zero-order chi connectivity index (χ0) is 72.8. The maximum Gasteiger partial charge on any atom is 0.261 e. The van der Waals surface area contributed by atoms with Gasteiger partial charge in [-0.1, -0.05) is 46.2 Å². The number of halogens is 9. The van der Waals surface area contributed by atoms with Gasteiger partial charge < -0.3 is 26.3 Å². The smallest absolute Gasteiger partial charge is 0.261 e. The lowest BCUT2D eigenvalue weighted by atomic mass is 10.4. The Bertz CT molecular complexity index is 4380. The molecule has 534 valence electrons. The summed E-state index contributed by atoms with van der Waals surface area (Å²) in [6, 6.07) is 22.8. The summed E-state index contributed by atoms with van der Waals surface area (Å²) in [6.07, 6.45) is 3.20. The normalized spacial score (nSPS) is 11.1. The van der Waals surface area contributed by atoms with Gasteiger partial charge in [0.15, 0.2) is 18.2 Å². The van der Waals surface area contributed by atoms with Crippen LogP contribution < -0.4 is 36.1 Å². The molecule has 0 atom stereocenters. The lowest BCUT2D eigenvalue weighted by Crippen LogP contribution is -2.26. The molecule has 0 aliphatic rings. The zero-order valence-corrected chi connectivity index (χ0v) is 62.1. The van der Waals surface area contributed by atoms with Crippen LogP contribution in [-0.2, 0) is 63.2 Å². The largest absolute Gasteiger partial charge is 0.374 e. The Kier molecular flexibility index (Phi) is 41.0. The van der Waals surface area contributed by atoms with Gasteiger partial charge in [-0.05, 0) is 146 Å². The molecule has 5 aromatic carbocycles. The first-order valence-corrected chi connectivity index (χ1v) is 40.5. The summed E-state index contributed by atoms with van der Waals surface area (Å²) in [7, 11) is -9.40. The van der Waals surface area contributed by atoms with Gasteiger partial charge in [-0.25, -0.2) is 82.9 Å². The number of thioether (sulfide) groups is 2. The molecule has 0 saturated carbocycles. The van der Waals surface area contributed by atoms with Gasteiger partial charge in [0.05, 0.1) is 24.5 Å². The molecule has 0 aliphatic carbocycles. The van der Waals surface area contributed by atoms with E-state index in [0.29, 0.717) is 52.4 Å². The lowest BCUT2D eigenvalue weighted by Gasteiger charge is -2.06. The standard InChI is InChI=1S/C11H13FN4O2S2.C10H11FN4O2S3.2C8H9ClFNO2S.C6H4ClFO2S.C3H5N3S.C2H6ClN.C2H3N3S2/c1-16-8-13-15-11(16)19-7-6-14-20(17,18)10-4-2-9(12)3-5-10;11-7-1-3-8(4-2-7)20(16,17)13-5-6-18-10-15-14-9(12)19-10;2*9-5-6-11-14(12,13)8-3-1-7(10)2-4-8;7-11(9,10)6-3-1-5(8)2-4-6;1-6-2-4-5-3(6)7;3-1-2-4;3-1-4-5-2(6)7-1/h2-5,8,14H,6-7H2,1H3;1-4,13H,5-6H2,(H2,12,14);2*1-4,11H,5-6H2;1-4H;2H,1H3,(H,5,7);1-2,4H2;(H2,3,4)(H,5,6). The monoisotopic (exact) mass is 1650 g/mol. The number of nitrogens with two attached hydrogens (primary N) is 3. The number of nitrogen functional groups attached to an aromatic ring is 2. The van der Waals surface area contributed by atoms with Crippen molar-refractivity contribution in [2.75, 3.05) is 73.3 Å². The van der Waals surface area contributed by atoms with Gasteiger partial charge in [-0.2, -0.15) is 5.10 Å². The Morgan fingerprint density at radius 1 is 0.495 bits per heavy atom. The highest BCUT2D eigenvalue weighted by Gasteiger charge is 2.17. The van der Waals surface area contributed by atoms with Crippen molar-refractivity contribution >= 4 is 176 Å². The van der Waals surface area contributed by atoms with Crippen LogP contribution in [0.25, 0.3) is 0 Å². The number of aromatic nitrogens is 10. The molecule has 0 spiro atoms. The summed E-state index contributed by atoms with van der Waals surface area (Å²) in [5.41, 5.74) is 15.5. The van der Waals surface area contributed by atoms with Crippen molar-refractivity contribution in [3.8, 4) is 0 Å². The molecule has 0 aliphatic heterocycles. The van der Waals surface area contributed by atoms with Crippen molar-refractivity contribution in [3.05, 3.63) is 172 Å². The Balaban J connectivity index is 0.000000392. The van der Waals surface area contributed by atoms with Crippen LogP contribution in [0, 0.1) is 37.8 Å². The van der Waals surface area contributed by atoms with E-state index in [1.54, 1.807) is 21.8 Å². The molecule has 27 nitrogen and oxygen atoms in total. The highest BCUT2D eigenvalue weighted by Crippen LogP contribution is 2.23. The fraction of sp³-hybridized carbons (Fsp3) is 0.240. The second-order valence-electron chi connectivity index (χ2n) is 17.2. The van der Waals surface area contributed by atoms with E-state index in [2.05, 4.69) is 71.9 Å². The number of aryl methyl sites for hydroxylation is 2. The van der Waals surface area contributed by atoms with Gasteiger partial charge in [0.25, 0.3) is 9.05 Å². The average Bonchev–Trinajstić information content (AvgIpc) is 1.68. The zero-order valence-electron chi connectivity index (χ0n) is 50.1. The molecule has 0 saturated heterocycles. The SMILES string of the molecule is Cn1cn[nH]c1=S.Cn1cnnc1SCCNS(=O)(=O)c1ccc(F)cc1.NCCCl.Nc1n[nH]c(=S)s1.Nc1nnc(SCCNS(=O)(=O)c2ccc(F)cc2)s1.O=S(=O)(Cl)c1ccc(F)cc1.O=S(=O)(NCCCl)c1ccc(F)cc1.O=S(=O)(NCCCl)c1ccc(F)cc1. The number of benzene rings is 5. The number of rotatable bonds is 22. The van der Waals surface area contributed by atoms with E-state index in [1.165, 1.54) is 94.7 Å². The Labute approximate surface area is 601 Å². The minimum absolute atomic E-state index is 0.0315. The molecule has 0 bridgehead atoms. The third-order valence-corrected chi connectivity index (χ3v) is 22.1. The predicted octanol–water partition coefficient (Wildman–Crippen LogP) is 8.24. The van der Waals surface area contributed by atoms with E-state index in [-0.39, 0.29) is 62.4 Å². The minimum atomic E-state index is -3.71. The summed E-state index contributed by atoms with van der Waals surface area (Å²) >= 11 is 30.4. The molecule has 97 heavy (non-hydrogen) atoms. The number of aromatic amines is 2. The quantitative estimate of drug-likeness (QED) is 0.00770. The number of sulfonamides is 4. The molecule has 9 rings (SSSR count). The van der Waals surface area contributed by atoms with E-state index in [4.69, 9.17) is 74.9 Å². The molecule has 0 amide bonds. The lowest BCUT2D eigenvalue weighted by molar-refractivity contribution is 0.581. The van der Waals surface area contributed by atoms with Crippen molar-refractivity contribution in [1.29, 1.82) is 0 Å². The number of hydrogen-bond donors (Lipinski definition) is 9. The Morgan fingerprint density at radius 2 is 0.856 bits per heavy atom. The fourth-order valence-electron chi connectivity index (χ4n) is 5.59. The summed E-state index contributed by atoms with van der Waals surface area (Å²) in [5, 5.41) is 29.0. The molecular weight excluding hydrogens is 1590 g/mol. The van der Waals surface area contributed by atoms with Gasteiger partial charge in [0.1, 0.15) is 41.7 Å². The number of nitrogens with zero attached hydrogens (tertiary/aromatic N) is 8. The van der Waals surface area contributed by atoms with Crippen LogP contribution in [0.1, 0.15) is 0 Å². The third kappa shape index (κ3) is 36.5. The number of anilines is 2. The molecule has 47 heteroatoms. The number of H-pyrrole nitrogens is 2. The van der Waals surface area contributed by atoms with Crippen molar-refractivity contribution in [1.82, 2.24) is 68.8 Å². The van der Waals surface area contributed by atoms with E-state index < -0.39 is 78.2 Å². The molecule has 0 radical (unpaired) electrons. The van der Waals surface area contributed by atoms with Gasteiger partial charge in [0, 0.05) is 86.6 Å². The van der Waals surface area contributed by atoms with Crippen LogP contribution in [0.5, 0.6) is 0 Å². The maximum atomic E-state index is 12.7. The fourth-order valence-corrected chi connectivity index (χ4v) is 14.2. The van der Waals surface area contributed by atoms with Crippen LogP contribution in [0.4, 0.5) is 32.2 Å². The summed E-state index contributed by atoms with van der Waals surface area (Å²) in [5.74, 6) is -0.408. The van der Waals surface area contributed by atoms with Gasteiger partial charge in [-0.15, -0.1) is 60.3 Å². The summed E-state index contributed by atoms with van der Waals surface area (Å²) in [6.45, 7) is 1.37. The van der Waals surface area contributed by atoms with Crippen molar-refractivity contribution in [2.24, 2.45) is 19.8 Å². The predicted molar refractivity (Wildman–Crippen MR) is 374 cm³/mol. The molecule has 12 N–H and O–H groups in total. The number of nitrogens with one attached hydrogen (secondary N) is 6. The van der Waals surface area contributed by atoms with E-state index in [0.717, 1.165) is 72.8 Å². The van der Waals surface area contributed by atoms with Gasteiger partial charge in [0.2, 0.25) is 50.4 Å². The molecular formula is C50H60Cl4F5N17O10S11. The Morgan fingerprint density at radius 3 is 1.09 bits per heavy atom. The first kappa shape index (κ1) is 87.7. The van der Waals surface area contributed by atoms with E-state index in [1.807, 2.05) is 14.1 Å². The van der Waals surface area contributed by atoms with Crippen LogP contribution in [-0.4, -0.2) is 154 Å². The van der Waals surface area contributed by atoms with E-state index in [9.17, 15) is 64.0 Å². The van der Waals surface area contributed by atoms with Crippen molar-refractivity contribution in [2.45, 2.75) is 34.0 Å². The third-order valence-electron chi connectivity index (χ3n) is 9.98. The highest BCUT2D eigenvalue weighted by atomic mass is 35.7. The Hall–Kier alpha value is -5.40.